The molecule has 0 rings (SSSR count). The summed E-state index contributed by atoms with van der Waals surface area (Å²) in [6.45, 7) is 1.01. The third kappa shape index (κ3) is 11.0. The molecule has 0 spiro atoms. The molecule has 0 aromatic rings. The van der Waals surface area contributed by atoms with E-state index in [2.05, 4.69) is 10.6 Å². The maximum absolute atomic E-state index is 12.2. The molecule has 0 aromatic carbocycles. The van der Waals surface area contributed by atoms with Crippen molar-refractivity contribution < 1.29 is 39.3 Å². The third-order valence-electron chi connectivity index (χ3n) is 3.80. The summed E-state index contributed by atoms with van der Waals surface area (Å²) in [4.78, 5) is 57.5. The summed E-state index contributed by atoms with van der Waals surface area (Å²) in [5, 5.41) is 33.6. The van der Waals surface area contributed by atoms with E-state index in [9.17, 15) is 29.1 Å². The molecule has 3 amide bonds. The van der Waals surface area contributed by atoms with Crippen molar-refractivity contribution in [1.29, 1.82) is 0 Å². The van der Waals surface area contributed by atoms with Gasteiger partial charge in [0.05, 0.1) is 25.1 Å². The predicted octanol–water partition coefficient (Wildman–Crippen LogP) is -3.53. The molecule has 4 atom stereocenters. The Kier molecular flexibility index (Phi) is 12.1. The average Bonchev–Trinajstić information content (AvgIpc) is 2.62. The van der Waals surface area contributed by atoms with Gasteiger partial charge in [0.2, 0.25) is 17.7 Å². The van der Waals surface area contributed by atoms with E-state index in [1.165, 1.54) is 6.92 Å². The lowest BCUT2D eigenvalue weighted by Gasteiger charge is -2.23. The van der Waals surface area contributed by atoms with Gasteiger partial charge in [0.25, 0.3) is 0 Å². The van der Waals surface area contributed by atoms with Gasteiger partial charge in [0.1, 0.15) is 12.1 Å². The van der Waals surface area contributed by atoms with Crippen LogP contribution < -0.4 is 27.4 Å². The normalized spacial score (nSPS) is 14.8. The van der Waals surface area contributed by atoms with Gasteiger partial charge in [-0.2, -0.15) is 0 Å². The van der Waals surface area contributed by atoms with Crippen molar-refractivity contribution in [2.75, 3.05) is 13.1 Å². The Labute approximate surface area is 167 Å². The van der Waals surface area contributed by atoms with E-state index in [1.807, 2.05) is 5.32 Å². The maximum atomic E-state index is 12.2. The molecule has 0 aromatic heterocycles. The van der Waals surface area contributed by atoms with Crippen LogP contribution in [0.4, 0.5) is 0 Å². The van der Waals surface area contributed by atoms with Gasteiger partial charge in [-0.15, -0.1) is 0 Å². The number of carboxylic acids is 2. The van der Waals surface area contributed by atoms with E-state index in [4.69, 9.17) is 21.7 Å². The van der Waals surface area contributed by atoms with Crippen molar-refractivity contribution in [1.82, 2.24) is 16.0 Å². The largest absolute Gasteiger partial charge is 0.481 e. The first-order valence-corrected chi connectivity index (χ1v) is 8.95. The standard InChI is InChI=1S/C16H29N5O8/c1-8(22)13(21-14(26)9(18)4-2-3-5-17)15(27)19-7-11(23)20-10(16(28)29)6-12(24)25/h8-10,13,22H,2-7,17-18H2,1H3,(H,19,27)(H,20,23)(H,21,26)(H,24,25)(H,28,29). The van der Waals surface area contributed by atoms with Crippen LogP contribution in [-0.2, 0) is 24.0 Å². The van der Waals surface area contributed by atoms with Crippen LogP contribution in [0.1, 0.15) is 32.6 Å². The first-order chi connectivity index (χ1) is 13.5. The number of unbranched alkanes of at least 4 members (excludes halogenated alkanes) is 1. The minimum absolute atomic E-state index is 0.333. The van der Waals surface area contributed by atoms with Crippen molar-refractivity contribution in [2.24, 2.45) is 11.5 Å². The molecular weight excluding hydrogens is 390 g/mol. The zero-order valence-corrected chi connectivity index (χ0v) is 16.1. The molecule has 0 saturated heterocycles. The Morgan fingerprint density at radius 3 is 2.10 bits per heavy atom. The van der Waals surface area contributed by atoms with Crippen LogP contribution in [0.25, 0.3) is 0 Å². The number of aliphatic carboxylic acids is 2. The number of rotatable bonds is 14. The monoisotopic (exact) mass is 419 g/mol. The Morgan fingerprint density at radius 2 is 1.62 bits per heavy atom. The number of nitrogens with two attached hydrogens (primary N) is 2. The van der Waals surface area contributed by atoms with Crippen molar-refractivity contribution in [2.45, 2.75) is 56.8 Å². The number of aliphatic hydroxyl groups excluding tert-OH is 1. The van der Waals surface area contributed by atoms with Crippen LogP contribution >= 0.6 is 0 Å². The molecule has 0 bridgehead atoms. The molecule has 0 radical (unpaired) electrons. The van der Waals surface area contributed by atoms with Gasteiger partial charge in [0.15, 0.2) is 0 Å². The number of hydrogen-bond acceptors (Lipinski definition) is 8. The summed E-state index contributed by atoms with van der Waals surface area (Å²) in [7, 11) is 0. The van der Waals surface area contributed by atoms with E-state index < -0.39 is 66.9 Å². The Bertz CT molecular complexity index is 598. The van der Waals surface area contributed by atoms with Crippen molar-refractivity contribution >= 4 is 29.7 Å². The molecule has 10 N–H and O–H groups in total. The van der Waals surface area contributed by atoms with E-state index in [1.54, 1.807) is 0 Å². The van der Waals surface area contributed by atoms with Crippen LogP contribution in [-0.4, -0.2) is 82.3 Å². The van der Waals surface area contributed by atoms with Crippen LogP contribution in [0.5, 0.6) is 0 Å². The molecule has 0 aliphatic carbocycles. The van der Waals surface area contributed by atoms with E-state index in [0.717, 1.165) is 0 Å². The summed E-state index contributed by atoms with van der Waals surface area (Å²) in [6, 6.07) is -3.98. The number of carbonyl (C=O) groups excluding carboxylic acids is 3. The lowest BCUT2D eigenvalue weighted by molar-refractivity contribution is -0.147. The van der Waals surface area contributed by atoms with Crippen molar-refractivity contribution in [3.05, 3.63) is 0 Å². The maximum Gasteiger partial charge on any atom is 0.326 e. The summed E-state index contributed by atoms with van der Waals surface area (Å²) in [5.74, 6) is -5.50. The molecule has 0 saturated carbocycles. The molecule has 0 aliphatic rings. The second kappa shape index (κ2) is 13.4. The summed E-state index contributed by atoms with van der Waals surface area (Å²) in [6.07, 6.45) is -0.534. The fourth-order valence-corrected chi connectivity index (χ4v) is 2.20. The summed E-state index contributed by atoms with van der Waals surface area (Å²) >= 11 is 0. The molecular formula is C16H29N5O8. The highest BCUT2D eigenvalue weighted by atomic mass is 16.4. The quantitative estimate of drug-likeness (QED) is 0.129. The van der Waals surface area contributed by atoms with Gasteiger partial charge in [-0.05, 0) is 26.3 Å². The second-order valence-corrected chi connectivity index (χ2v) is 6.39. The lowest BCUT2D eigenvalue weighted by Crippen LogP contribution is -2.57. The van der Waals surface area contributed by atoms with Crippen LogP contribution in [0.3, 0.4) is 0 Å². The molecule has 0 fully saturated rings. The Hall–Kier alpha value is -2.77. The summed E-state index contributed by atoms with van der Waals surface area (Å²) in [5.41, 5.74) is 11.1. The highest BCUT2D eigenvalue weighted by Crippen LogP contribution is 2.01. The number of aliphatic hydroxyl groups is 1. The smallest absolute Gasteiger partial charge is 0.326 e. The number of amides is 3. The first kappa shape index (κ1) is 26.2. The SMILES string of the molecule is CC(O)C(NC(=O)C(N)CCCCN)C(=O)NCC(=O)NC(CC(=O)O)C(=O)O. The molecule has 166 valence electrons. The van der Waals surface area contributed by atoms with Crippen molar-refractivity contribution in [3.63, 3.8) is 0 Å². The lowest BCUT2D eigenvalue weighted by atomic mass is 10.1. The number of nitrogens with one attached hydrogen (secondary N) is 3. The number of carboxylic acid groups (broad SMARTS) is 2. The van der Waals surface area contributed by atoms with Gasteiger partial charge in [-0.25, -0.2) is 4.79 Å². The van der Waals surface area contributed by atoms with Gasteiger partial charge in [-0.1, -0.05) is 6.42 Å². The topological polar surface area (TPSA) is 234 Å². The fraction of sp³-hybridized carbons (Fsp3) is 0.688. The summed E-state index contributed by atoms with van der Waals surface area (Å²) < 4.78 is 0. The van der Waals surface area contributed by atoms with Crippen LogP contribution in [0.2, 0.25) is 0 Å². The highest BCUT2D eigenvalue weighted by molar-refractivity contribution is 5.93. The van der Waals surface area contributed by atoms with Crippen LogP contribution in [0.15, 0.2) is 0 Å². The molecule has 0 heterocycles. The number of hydrogen-bond donors (Lipinski definition) is 8. The first-order valence-electron chi connectivity index (χ1n) is 8.95. The highest BCUT2D eigenvalue weighted by Gasteiger charge is 2.28. The fourth-order valence-electron chi connectivity index (χ4n) is 2.20. The molecule has 29 heavy (non-hydrogen) atoms. The Morgan fingerprint density at radius 1 is 1.00 bits per heavy atom. The van der Waals surface area contributed by atoms with E-state index >= 15 is 0 Å². The van der Waals surface area contributed by atoms with Gasteiger partial charge in [0, 0.05) is 0 Å². The Balaban J connectivity index is 4.70. The third-order valence-corrected chi connectivity index (χ3v) is 3.80. The minimum atomic E-state index is -1.67. The zero-order chi connectivity index (χ0) is 22.6. The van der Waals surface area contributed by atoms with Gasteiger partial charge in [-0.3, -0.25) is 19.2 Å². The zero-order valence-electron chi connectivity index (χ0n) is 16.1. The molecule has 0 aliphatic heterocycles. The minimum Gasteiger partial charge on any atom is -0.481 e. The van der Waals surface area contributed by atoms with E-state index in [-0.39, 0.29) is 0 Å². The van der Waals surface area contributed by atoms with Crippen molar-refractivity contribution in [3.8, 4) is 0 Å². The molecule has 13 nitrogen and oxygen atoms in total. The van der Waals surface area contributed by atoms with Crippen LogP contribution in [0, 0.1) is 0 Å². The molecule has 13 heteroatoms. The van der Waals surface area contributed by atoms with E-state index in [0.29, 0.717) is 25.8 Å². The second-order valence-electron chi connectivity index (χ2n) is 6.39. The molecule has 4 unspecified atom stereocenters. The van der Waals surface area contributed by atoms with Gasteiger partial charge >= 0.3 is 11.9 Å². The predicted molar refractivity (Wildman–Crippen MR) is 99.3 cm³/mol. The number of carbonyl (C=O) groups is 5. The van der Waals surface area contributed by atoms with Gasteiger partial charge < -0.3 is 42.7 Å². The average molecular weight is 419 g/mol.